The van der Waals surface area contributed by atoms with E-state index in [0.717, 1.165) is 6.07 Å². The average molecular weight is 267 g/mol. The Bertz CT molecular complexity index is 466. The van der Waals surface area contributed by atoms with Crippen molar-refractivity contribution < 1.29 is 26.3 Å². The van der Waals surface area contributed by atoms with Crippen LogP contribution >= 0.6 is 0 Å². The molecule has 0 aliphatic carbocycles. The summed E-state index contributed by atoms with van der Waals surface area (Å²) in [5.41, 5.74) is -3.00. The van der Waals surface area contributed by atoms with Gasteiger partial charge in [-0.3, -0.25) is 0 Å². The highest BCUT2D eigenvalue weighted by Gasteiger charge is 2.37. The van der Waals surface area contributed by atoms with Gasteiger partial charge in [0.25, 0.3) is 0 Å². The van der Waals surface area contributed by atoms with E-state index in [1.165, 1.54) is 0 Å². The van der Waals surface area contributed by atoms with E-state index in [-0.39, 0.29) is 24.5 Å². The fourth-order valence-corrected chi connectivity index (χ4v) is 1.43. The van der Waals surface area contributed by atoms with E-state index >= 15 is 0 Å². The summed E-state index contributed by atoms with van der Waals surface area (Å²) in [6.07, 6.45) is -10.1. The van der Waals surface area contributed by atoms with Crippen molar-refractivity contribution in [3.8, 4) is 6.07 Å². The highest BCUT2D eigenvalue weighted by Crippen LogP contribution is 2.37. The normalized spacial score (nSPS) is 12.3. The van der Waals surface area contributed by atoms with Crippen LogP contribution in [-0.2, 0) is 18.8 Å². The molecule has 0 saturated heterocycles. The summed E-state index contributed by atoms with van der Waals surface area (Å²) in [5, 5.41) is 8.29. The van der Waals surface area contributed by atoms with Crippen LogP contribution in [0.1, 0.15) is 23.1 Å². The van der Waals surface area contributed by atoms with Gasteiger partial charge < -0.3 is 0 Å². The molecule has 0 spiro atoms. The van der Waals surface area contributed by atoms with Gasteiger partial charge in [0.15, 0.2) is 0 Å². The lowest BCUT2D eigenvalue weighted by atomic mass is 9.99. The largest absolute Gasteiger partial charge is 0.416 e. The highest BCUT2D eigenvalue weighted by atomic mass is 19.4. The zero-order chi connectivity index (χ0) is 14.0. The number of hydrogen-bond acceptors (Lipinski definition) is 1. The van der Waals surface area contributed by atoms with Crippen molar-refractivity contribution in [3.63, 3.8) is 0 Å². The first-order chi connectivity index (χ1) is 8.16. The Morgan fingerprint density at radius 2 is 1.61 bits per heavy atom. The predicted molar refractivity (Wildman–Crippen MR) is 50.4 cm³/mol. The van der Waals surface area contributed by atoms with Gasteiger partial charge in [-0.1, -0.05) is 6.07 Å². The first-order valence-corrected chi connectivity index (χ1v) is 4.80. The highest BCUT2D eigenvalue weighted by molar-refractivity contribution is 5.35. The maximum absolute atomic E-state index is 12.6. The molecule has 0 amide bonds. The fraction of sp³-hybridized carbons (Fsp3) is 0.364. The van der Waals surface area contributed by atoms with Gasteiger partial charge in [-0.25, -0.2) is 0 Å². The Kier molecular flexibility index (Phi) is 3.89. The van der Waals surface area contributed by atoms with Gasteiger partial charge in [-0.15, -0.1) is 0 Å². The maximum atomic E-state index is 12.6. The SMILES string of the molecule is N#CCCc1ccc(C(F)(F)F)cc1C(F)(F)F. The molecule has 0 aromatic heterocycles. The third kappa shape index (κ3) is 3.39. The van der Waals surface area contributed by atoms with Crippen LogP contribution in [0.15, 0.2) is 18.2 Å². The van der Waals surface area contributed by atoms with Gasteiger partial charge >= 0.3 is 12.4 Å². The second-order valence-corrected chi connectivity index (χ2v) is 3.53. The Morgan fingerprint density at radius 3 is 2.06 bits per heavy atom. The first kappa shape index (κ1) is 14.4. The lowest BCUT2D eigenvalue weighted by Gasteiger charge is -2.15. The molecule has 1 rings (SSSR count). The molecule has 0 bridgehead atoms. The molecule has 1 aromatic carbocycles. The van der Waals surface area contributed by atoms with Crippen LogP contribution in [0.2, 0.25) is 0 Å². The number of alkyl halides is 6. The smallest absolute Gasteiger partial charge is 0.198 e. The predicted octanol–water partition coefficient (Wildman–Crippen LogP) is 4.18. The molecule has 7 heteroatoms. The summed E-state index contributed by atoms with van der Waals surface area (Å²) >= 11 is 0. The average Bonchev–Trinajstić information content (AvgIpc) is 2.23. The van der Waals surface area contributed by atoms with E-state index in [4.69, 9.17) is 5.26 Å². The Balaban J connectivity index is 3.27. The minimum atomic E-state index is -4.87. The summed E-state index contributed by atoms with van der Waals surface area (Å²) in [7, 11) is 0. The summed E-state index contributed by atoms with van der Waals surface area (Å²) in [6.45, 7) is 0. The molecule has 1 aromatic rings. The van der Waals surface area contributed by atoms with Crippen LogP contribution in [-0.4, -0.2) is 0 Å². The molecule has 0 saturated carbocycles. The second-order valence-electron chi connectivity index (χ2n) is 3.53. The van der Waals surface area contributed by atoms with Gasteiger partial charge in [0.2, 0.25) is 0 Å². The van der Waals surface area contributed by atoms with Crippen molar-refractivity contribution in [1.29, 1.82) is 5.26 Å². The standard InChI is InChI=1S/C11H7F6N/c12-10(13,14)8-4-3-7(2-1-5-18)9(6-8)11(15,16)17/h3-4,6H,1-2H2. The van der Waals surface area contributed by atoms with E-state index in [9.17, 15) is 26.3 Å². The fourth-order valence-electron chi connectivity index (χ4n) is 1.43. The molecule has 0 radical (unpaired) electrons. The molecular weight excluding hydrogens is 260 g/mol. The molecule has 1 nitrogen and oxygen atoms in total. The number of halogens is 6. The summed E-state index contributed by atoms with van der Waals surface area (Å²) in [6, 6.07) is 3.08. The van der Waals surface area contributed by atoms with Crippen molar-refractivity contribution in [2.24, 2.45) is 0 Å². The summed E-state index contributed by atoms with van der Waals surface area (Å²) in [4.78, 5) is 0. The third-order valence-electron chi connectivity index (χ3n) is 2.25. The number of rotatable bonds is 2. The van der Waals surface area contributed by atoms with Crippen molar-refractivity contribution in [2.45, 2.75) is 25.2 Å². The lowest BCUT2D eigenvalue weighted by Crippen LogP contribution is -2.13. The molecule has 98 valence electrons. The monoisotopic (exact) mass is 267 g/mol. The Morgan fingerprint density at radius 1 is 1.00 bits per heavy atom. The maximum Gasteiger partial charge on any atom is 0.416 e. The van der Waals surface area contributed by atoms with Crippen LogP contribution in [0.3, 0.4) is 0 Å². The number of hydrogen-bond donors (Lipinski definition) is 0. The topological polar surface area (TPSA) is 23.8 Å². The van der Waals surface area contributed by atoms with Crippen LogP contribution in [0, 0.1) is 11.3 Å². The first-order valence-electron chi connectivity index (χ1n) is 4.80. The number of aryl methyl sites for hydroxylation is 1. The number of benzene rings is 1. The van der Waals surface area contributed by atoms with Crippen molar-refractivity contribution in [1.82, 2.24) is 0 Å². The van der Waals surface area contributed by atoms with Gasteiger partial charge in [0.1, 0.15) is 0 Å². The van der Waals surface area contributed by atoms with E-state index in [1.54, 1.807) is 6.07 Å². The van der Waals surface area contributed by atoms with Gasteiger partial charge in [-0.2, -0.15) is 31.6 Å². The minimum Gasteiger partial charge on any atom is -0.198 e. The van der Waals surface area contributed by atoms with Crippen molar-refractivity contribution in [3.05, 3.63) is 34.9 Å². The number of nitriles is 1. The quantitative estimate of drug-likeness (QED) is 0.737. The van der Waals surface area contributed by atoms with Gasteiger partial charge in [0.05, 0.1) is 17.2 Å². The molecule has 0 unspecified atom stereocenters. The zero-order valence-corrected chi connectivity index (χ0v) is 8.86. The van der Waals surface area contributed by atoms with Crippen LogP contribution in [0.4, 0.5) is 26.3 Å². The second kappa shape index (κ2) is 4.88. The van der Waals surface area contributed by atoms with Crippen molar-refractivity contribution >= 4 is 0 Å². The molecule has 0 aliphatic rings. The van der Waals surface area contributed by atoms with E-state index in [2.05, 4.69) is 0 Å². The molecule has 0 aliphatic heterocycles. The summed E-state index contributed by atoms with van der Waals surface area (Å²) < 4.78 is 74.7. The molecule has 0 fully saturated rings. The summed E-state index contributed by atoms with van der Waals surface area (Å²) in [5.74, 6) is 0. The van der Waals surface area contributed by atoms with Crippen LogP contribution < -0.4 is 0 Å². The Hall–Kier alpha value is -1.71. The van der Waals surface area contributed by atoms with Crippen LogP contribution in [0.5, 0.6) is 0 Å². The van der Waals surface area contributed by atoms with Gasteiger partial charge in [-0.05, 0) is 24.1 Å². The molecule has 0 atom stereocenters. The molecule has 0 N–H and O–H groups in total. The molecular formula is C11H7F6N. The molecule has 18 heavy (non-hydrogen) atoms. The zero-order valence-electron chi connectivity index (χ0n) is 8.86. The van der Waals surface area contributed by atoms with Crippen LogP contribution in [0.25, 0.3) is 0 Å². The van der Waals surface area contributed by atoms with E-state index < -0.39 is 23.5 Å². The van der Waals surface area contributed by atoms with E-state index in [1.807, 2.05) is 0 Å². The third-order valence-corrected chi connectivity index (χ3v) is 2.25. The Labute approximate surface area is 98.6 Å². The van der Waals surface area contributed by atoms with Crippen molar-refractivity contribution in [2.75, 3.05) is 0 Å². The number of nitrogens with zero attached hydrogens (tertiary/aromatic N) is 1. The minimum absolute atomic E-state index is 0.0761. The lowest BCUT2D eigenvalue weighted by molar-refractivity contribution is -0.143. The molecule has 0 heterocycles. The van der Waals surface area contributed by atoms with E-state index in [0.29, 0.717) is 6.07 Å². The van der Waals surface area contributed by atoms with Gasteiger partial charge in [0, 0.05) is 6.42 Å².